The number of rotatable bonds is 2. The van der Waals surface area contributed by atoms with Gasteiger partial charge in [0.05, 0.1) is 0 Å². The van der Waals surface area contributed by atoms with Gasteiger partial charge in [0.2, 0.25) is 0 Å². The van der Waals surface area contributed by atoms with Crippen LogP contribution < -0.4 is 15.8 Å². The Labute approximate surface area is 107 Å². The second-order valence-electron chi connectivity index (χ2n) is 5.11. The Morgan fingerprint density at radius 1 is 1.28 bits per heavy atom. The largest absolute Gasteiger partial charge is 0.489 e. The summed E-state index contributed by atoms with van der Waals surface area (Å²) in [7, 11) is 0. The number of nitrogens with two attached hydrogens (primary N) is 1. The topological polar surface area (TPSA) is 64.3 Å². The summed E-state index contributed by atoms with van der Waals surface area (Å²) < 4.78 is 5.96. The van der Waals surface area contributed by atoms with E-state index in [0.29, 0.717) is 6.54 Å². The van der Waals surface area contributed by atoms with Crippen LogP contribution >= 0.6 is 0 Å². The van der Waals surface area contributed by atoms with Gasteiger partial charge < -0.3 is 15.8 Å². The number of nitrogens with one attached hydrogen (secondary N) is 1. The summed E-state index contributed by atoms with van der Waals surface area (Å²) in [6.07, 6.45) is 4.56. The fourth-order valence-electron chi connectivity index (χ4n) is 2.73. The van der Waals surface area contributed by atoms with E-state index in [1.54, 1.807) is 0 Å². The van der Waals surface area contributed by atoms with Crippen LogP contribution in [0.2, 0.25) is 0 Å². The number of fused-ring (bicyclic) bond motifs is 1. The zero-order valence-electron chi connectivity index (χ0n) is 10.3. The maximum absolute atomic E-state index is 11.4. The summed E-state index contributed by atoms with van der Waals surface area (Å²) in [5, 5.41) is 2.81. The molecule has 96 valence electrons. The highest BCUT2D eigenvalue weighted by atomic mass is 16.5. The van der Waals surface area contributed by atoms with Crippen molar-refractivity contribution in [3.8, 4) is 5.75 Å². The molecule has 0 saturated heterocycles. The highest BCUT2D eigenvalue weighted by molar-refractivity contribution is 5.98. The average molecular weight is 246 g/mol. The van der Waals surface area contributed by atoms with Crippen molar-refractivity contribution in [1.29, 1.82) is 0 Å². The molecule has 1 aromatic carbocycles. The first-order valence-corrected chi connectivity index (χ1v) is 6.57. The molecule has 2 unspecified atom stereocenters. The van der Waals surface area contributed by atoms with Gasteiger partial charge in [0, 0.05) is 18.2 Å². The van der Waals surface area contributed by atoms with Crippen LogP contribution in [-0.4, -0.2) is 18.1 Å². The molecular weight excluding hydrogens is 228 g/mol. The molecule has 0 bridgehead atoms. The van der Waals surface area contributed by atoms with E-state index in [1.807, 2.05) is 18.2 Å². The minimum atomic E-state index is 0.00548. The molecule has 18 heavy (non-hydrogen) atoms. The van der Waals surface area contributed by atoms with Crippen molar-refractivity contribution in [2.45, 2.75) is 44.4 Å². The Kier molecular flexibility index (Phi) is 2.96. The molecule has 1 fully saturated rings. The SMILES string of the molecule is NC1CCCCC1Oc1ccc2c(c1)CNC2=O. The molecule has 2 atom stereocenters. The maximum Gasteiger partial charge on any atom is 0.251 e. The molecule has 4 heteroatoms. The van der Waals surface area contributed by atoms with Crippen molar-refractivity contribution >= 4 is 5.91 Å². The fourth-order valence-corrected chi connectivity index (χ4v) is 2.73. The lowest BCUT2D eigenvalue weighted by molar-refractivity contribution is 0.0965. The van der Waals surface area contributed by atoms with Gasteiger partial charge in [0.15, 0.2) is 0 Å². The molecule has 1 aliphatic carbocycles. The van der Waals surface area contributed by atoms with E-state index >= 15 is 0 Å². The van der Waals surface area contributed by atoms with E-state index in [1.165, 1.54) is 12.8 Å². The molecule has 2 aliphatic rings. The minimum Gasteiger partial charge on any atom is -0.489 e. The van der Waals surface area contributed by atoms with E-state index in [0.717, 1.165) is 29.7 Å². The van der Waals surface area contributed by atoms with E-state index in [-0.39, 0.29) is 18.1 Å². The van der Waals surface area contributed by atoms with Crippen molar-refractivity contribution in [2.24, 2.45) is 5.73 Å². The van der Waals surface area contributed by atoms with Crippen LogP contribution in [0.15, 0.2) is 18.2 Å². The van der Waals surface area contributed by atoms with Crippen LogP contribution in [0.5, 0.6) is 5.75 Å². The van der Waals surface area contributed by atoms with Gasteiger partial charge in [-0.1, -0.05) is 6.42 Å². The summed E-state index contributed by atoms with van der Waals surface area (Å²) >= 11 is 0. The summed E-state index contributed by atoms with van der Waals surface area (Å²) in [6, 6.07) is 5.78. The highest BCUT2D eigenvalue weighted by Crippen LogP contribution is 2.26. The molecule has 1 amide bonds. The zero-order valence-corrected chi connectivity index (χ0v) is 10.3. The van der Waals surface area contributed by atoms with Crippen LogP contribution in [0.25, 0.3) is 0 Å². The van der Waals surface area contributed by atoms with Gasteiger partial charge in [-0.05, 0) is 43.0 Å². The predicted octanol–water partition coefficient (Wildman–Crippen LogP) is 1.58. The first-order chi connectivity index (χ1) is 8.74. The van der Waals surface area contributed by atoms with Crippen LogP contribution in [0.1, 0.15) is 41.6 Å². The number of benzene rings is 1. The van der Waals surface area contributed by atoms with E-state index in [4.69, 9.17) is 10.5 Å². The Balaban J connectivity index is 1.75. The second-order valence-corrected chi connectivity index (χ2v) is 5.11. The molecule has 4 nitrogen and oxygen atoms in total. The number of ether oxygens (including phenoxy) is 1. The smallest absolute Gasteiger partial charge is 0.251 e. The lowest BCUT2D eigenvalue weighted by Gasteiger charge is -2.29. The Morgan fingerprint density at radius 2 is 2.11 bits per heavy atom. The standard InChI is InChI=1S/C14H18N2O2/c15-12-3-1-2-4-13(12)18-10-5-6-11-9(7-10)8-16-14(11)17/h5-7,12-13H,1-4,8,15H2,(H,16,17). The van der Waals surface area contributed by atoms with Crippen LogP contribution in [0.4, 0.5) is 0 Å². The number of amides is 1. The summed E-state index contributed by atoms with van der Waals surface area (Å²) in [5.41, 5.74) is 7.85. The lowest BCUT2D eigenvalue weighted by atomic mass is 9.93. The van der Waals surface area contributed by atoms with Crippen LogP contribution in [0, 0.1) is 0 Å². The van der Waals surface area contributed by atoms with Crippen molar-refractivity contribution in [3.63, 3.8) is 0 Å². The predicted molar refractivity (Wildman–Crippen MR) is 68.5 cm³/mol. The zero-order chi connectivity index (χ0) is 12.5. The molecule has 1 aliphatic heterocycles. The van der Waals surface area contributed by atoms with Gasteiger partial charge >= 0.3 is 0 Å². The van der Waals surface area contributed by atoms with Gasteiger partial charge in [0.25, 0.3) is 5.91 Å². The van der Waals surface area contributed by atoms with Crippen molar-refractivity contribution in [2.75, 3.05) is 0 Å². The number of carbonyl (C=O) groups is 1. The minimum absolute atomic E-state index is 0.00548. The molecule has 1 aromatic rings. The summed E-state index contributed by atoms with van der Waals surface area (Å²) in [4.78, 5) is 11.4. The molecule has 0 radical (unpaired) electrons. The molecular formula is C14H18N2O2. The molecule has 3 rings (SSSR count). The lowest BCUT2D eigenvalue weighted by Crippen LogP contribution is -2.41. The van der Waals surface area contributed by atoms with Gasteiger partial charge in [-0.2, -0.15) is 0 Å². The third-order valence-electron chi connectivity index (χ3n) is 3.80. The average Bonchev–Trinajstić information content (AvgIpc) is 2.74. The monoisotopic (exact) mass is 246 g/mol. The van der Waals surface area contributed by atoms with Crippen LogP contribution in [0.3, 0.4) is 0 Å². The molecule has 1 heterocycles. The molecule has 0 aromatic heterocycles. The Morgan fingerprint density at radius 3 is 2.94 bits per heavy atom. The summed E-state index contributed by atoms with van der Waals surface area (Å²) in [5.74, 6) is 0.832. The van der Waals surface area contributed by atoms with Crippen molar-refractivity contribution in [1.82, 2.24) is 5.32 Å². The Hall–Kier alpha value is -1.55. The van der Waals surface area contributed by atoms with Gasteiger partial charge in [-0.15, -0.1) is 0 Å². The third-order valence-corrected chi connectivity index (χ3v) is 3.80. The van der Waals surface area contributed by atoms with E-state index < -0.39 is 0 Å². The van der Waals surface area contributed by atoms with Crippen molar-refractivity contribution in [3.05, 3.63) is 29.3 Å². The first-order valence-electron chi connectivity index (χ1n) is 6.57. The fraction of sp³-hybridized carbons (Fsp3) is 0.500. The van der Waals surface area contributed by atoms with E-state index in [2.05, 4.69) is 5.32 Å². The van der Waals surface area contributed by atoms with Gasteiger partial charge in [-0.25, -0.2) is 0 Å². The van der Waals surface area contributed by atoms with Crippen molar-refractivity contribution < 1.29 is 9.53 Å². The van der Waals surface area contributed by atoms with Gasteiger partial charge in [-0.3, -0.25) is 4.79 Å². The number of hydrogen-bond donors (Lipinski definition) is 2. The third kappa shape index (κ3) is 2.08. The summed E-state index contributed by atoms with van der Waals surface area (Å²) in [6.45, 7) is 0.599. The second kappa shape index (κ2) is 4.61. The van der Waals surface area contributed by atoms with Crippen LogP contribution in [-0.2, 0) is 6.54 Å². The molecule has 1 saturated carbocycles. The Bertz CT molecular complexity index is 473. The normalized spacial score (nSPS) is 26.6. The van der Waals surface area contributed by atoms with E-state index in [9.17, 15) is 4.79 Å². The number of hydrogen-bond acceptors (Lipinski definition) is 3. The molecule has 0 spiro atoms. The maximum atomic E-state index is 11.4. The van der Waals surface area contributed by atoms with Gasteiger partial charge in [0.1, 0.15) is 11.9 Å². The highest BCUT2D eigenvalue weighted by Gasteiger charge is 2.24. The first kappa shape index (κ1) is 11.5. The molecule has 3 N–H and O–H groups in total. The quantitative estimate of drug-likeness (QED) is 0.832. The number of carbonyl (C=O) groups excluding carboxylic acids is 1.